The first-order chi connectivity index (χ1) is 13.8. The molecule has 0 unspecified atom stereocenters. The summed E-state index contributed by atoms with van der Waals surface area (Å²) in [7, 11) is -3.46. The van der Waals surface area contributed by atoms with Gasteiger partial charge in [-0.25, -0.2) is 23.4 Å². The predicted molar refractivity (Wildman–Crippen MR) is 116 cm³/mol. The molecule has 0 amide bonds. The Bertz CT molecular complexity index is 1150. The first kappa shape index (κ1) is 20.5. The minimum Gasteiger partial charge on any atom is -0.354 e. The van der Waals surface area contributed by atoms with Crippen LogP contribution in [0, 0.1) is 20.8 Å². The van der Waals surface area contributed by atoms with Crippen LogP contribution in [0.25, 0.3) is 5.82 Å². The lowest BCUT2D eigenvalue weighted by molar-refractivity contribution is 0.384. The van der Waals surface area contributed by atoms with Gasteiger partial charge >= 0.3 is 0 Å². The molecule has 0 radical (unpaired) electrons. The van der Waals surface area contributed by atoms with Crippen LogP contribution in [0.2, 0.25) is 0 Å². The molecule has 8 nitrogen and oxygen atoms in total. The number of piperazine rings is 1. The van der Waals surface area contributed by atoms with E-state index in [4.69, 9.17) is 0 Å². The van der Waals surface area contributed by atoms with Gasteiger partial charge in [-0.15, -0.1) is 11.3 Å². The Morgan fingerprint density at radius 2 is 1.72 bits per heavy atom. The summed E-state index contributed by atoms with van der Waals surface area (Å²) >= 11 is 4.57. The minimum absolute atomic E-state index is 0.365. The largest absolute Gasteiger partial charge is 0.354 e. The van der Waals surface area contributed by atoms with Crippen molar-refractivity contribution in [2.24, 2.45) is 0 Å². The summed E-state index contributed by atoms with van der Waals surface area (Å²) < 4.78 is 30.3. The number of halogens is 1. The van der Waals surface area contributed by atoms with Crippen LogP contribution in [-0.4, -0.2) is 58.4 Å². The second kappa shape index (κ2) is 7.78. The molecule has 3 aromatic rings. The molecule has 11 heteroatoms. The fourth-order valence-corrected chi connectivity index (χ4v) is 6.86. The molecule has 0 bridgehead atoms. The number of hydrogen-bond donors (Lipinski definition) is 0. The molecule has 1 saturated heterocycles. The lowest BCUT2D eigenvalue weighted by Gasteiger charge is -2.34. The zero-order chi connectivity index (χ0) is 20.8. The number of imidazole rings is 1. The lowest BCUT2D eigenvalue weighted by atomic mass is 10.3. The number of anilines is 1. The van der Waals surface area contributed by atoms with Crippen molar-refractivity contribution in [2.45, 2.75) is 25.0 Å². The van der Waals surface area contributed by atoms with Gasteiger partial charge in [-0.3, -0.25) is 4.57 Å². The molecule has 154 valence electrons. The molecule has 0 saturated carbocycles. The van der Waals surface area contributed by atoms with E-state index in [-0.39, 0.29) is 0 Å². The molecular formula is C18H21BrN6O2S2. The van der Waals surface area contributed by atoms with Crippen molar-refractivity contribution in [2.75, 3.05) is 31.1 Å². The highest BCUT2D eigenvalue weighted by atomic mass is 79.9. The van der Waals surface area contributed by atoms with E-state index in [0.29, 0.717) is 36.2 Å². The number of hydrogen-bond acceptors (Lipinski definition) is 7. The van der Waals surface area contributed by atoms with E-state index < -0.39 is 10.0 Å². The number of aryl methyl sites for hydroxylation is 2. The van der Waals surface area contributed by atoms with Crippen LogP contribution >= 0.6 is 27.3 Å². The third kappa shape index (κ3) is 3.96. The van der Waals surface area contributed by atoms with Crippen molar-refractivity contribution in [3.05, 3.63) is 45.5 Å². The summed E-state index contributed by atoms with van der Waals surface area (Å²) in [5.41, 5.74) is 1.99. The van der Waals surface area contributed by atoms with E-state index in [0.717, 1.165) is 26.8 Å². The fourth-order valence-electron chi connectivity index (χ4n) is 3.27. The Morgan fingerprint density at radius 1 is 1.03 bits per heavy atom. The second-order valence-corrected chi connectivity index (χ2v) is 11.5. The van der Waals surface area contributed by atoms with E-state index >= 15 is 0 Å². The van der Waals surface area contributed by atoms with Crippen molar-refractivity contribution in [3.63, 3.8) is 0 Å². The fraction of sp³-hybridized carbons (Fsp3) is 0.389. The quantitative estimate of drug-likeness (QED) is 0.551. The maximum atomic E-state index is 12.8. The van der Waals surface area contributed by atoms with Crippen molar-refractivity contribution in [3.8, 4) is 5.82 Å². The predicted octanol–water partition coefficient (Wildman–Crippen LogP) is 2.92. The molecule has 0 atom stereocenters. The summed E-state index contributed by atoms with van der Waals surface area (Å²) in [6.45, 7) is 7.81. The number of thiophene rings is 1. The van der Waals surface area contributed by atoms with Crippen LogP contribution in [0.4, 0.5) is 5.82 Å². The Morgan fingerprint density at radius 3 is 2.31 bits per heavy atom. The molecule has 0 spiro atoms. The summed E-state index contributed by atoms with van der Waals surface area (Å²) in [6, 6.07) is 5.34. The zero-order valence-corrected chi connectivity index (χ0v) is 19.6. The van der Waals surface area contributed by atoms with Crippen LogP contribution in [0.15, 0.2) is 32.5 Å². The minimum atomic E-state index is -3.46. The van der Waals surface area contributed by atoms with Gasteiger partial charge in [0.1, 0.15) is 28.0 Å². The van der Waals surface area contributed by atoms with Crippen molar-refractivity contribution in [1.82, 2.24) is 23.8 Å². The van der Waals surface area contributed by atoms with Gasteiger partial charge in [0, 0.05) is 37.9 Å². The standard InChI is InChI=1S/C18H21BrN6O2S2/c1-12-13(2)25(11-20-12)17-10-16(21-14(3)22-17)23-6-8-24(9-7-23)29(26,27)18-5-4-15(19)28-18/h4-5,10-11H,6-9H2,1-3H3. The number of sulfonamides is 1. The van der Waals surface area contributed by atoms with E-state index in [2.05, 4.69) is 35.8 Å². The summed E-state index contributed by atoms with van der Waals surface area (Å²) in [5, 5.41) is 0. The van der Waals surface area contributed by atoms with Crippen molar-refractivity contribution < 1.29 is 8.42 Å². The molecule has 0 aromatic carbocycles. The SMILES string of the molecule is Cc1nc(N2CCN(S(=O)(=O)c3ccc(Br)s3)CC2)cc(-n2cnc(C)c2C)n1. The number of aromatic nitrogens is 4. The maximum absolute atomic E-state index is 12.8. The summed E-state index contributed by atoms with van der Waals surface area (Å²) in [4.78, 5) is 15.6. The number of nitrogens with zero attached hydrogens (tertiary/aromatic N) is 6. The van der Waals surface area contributed by atoms with Crippen LogP contribution in [0.3, 0.4) is 0 Å². The molecule has 1 fully saturated rings. The Kier molecular flexibility index (Phi) is 5.49. The highest BCUT2D eigenvalue weighted by molar-refractivity contribution is 9.11. The van der Waals surface area contributed by atoms with Gasteiger partial charge in [0.2, 0.25) is 0 Å². The summed E-state index contributed by atoms with van der Waals surface area (Å²) in [6.07, 6.45) is 1.76. The van der Waals surface area contributed by atoms with Gasteiger partial charge in [0.25, 0.3) is 10.0 Å². The monoisotopic (exact) mass is 496 g/mol. The summed E-state index contributed by atoms with van der Waals surface area (Å²) in [5.74, 6) is 2.24. The Labute approximate surface area is 182 Å². The molecule has 0 N–H and O–H groups in total. The lowest BCUT2D eigenvalue weighted by Crippen LogP contribution is -2.48. The van der Waals surface area contributed by atoms with Crippen LogP contribution in [0.1, 0.15) is 17.2 Å². The van der Waals surface area contributed by atoms with Gasteiger partial charge in [-0.05, 0) is 48.8 Å². The van der Waals surface area contributed by atoms with Gasteiger partial charge in [0.05, 0.1) is 9.48 Å². The zero-order valence-electron chi connectivity index (χ0n) is 16.3. The number of rotatable bonds is 4. The maximum Gasteiger partial charge on any atom is 0.252 e. The molecule has 3 aromatic heterocycles. The average molecular weight is 497 g/mol. The third-order valence-corrected chi connectivity index (χ3v) is 9.00. The van der Waals surface area contributed by atoms with Gasteiger partial charge in [-0.1, -0.05) is 0 Å². The topological polar surface area (TPSA) is 84.2 Å². The molecule has 29 heavy (non-hydrogen) atoms. The van der Waals surface area contributed by atoms with Gasteiger partial charge < -0.3 is 4.90 Å². The molecule has 4 rings (SSSR count). The molecule has 1 aliphatic heterocycles. The van der Waals surface area contributed by atoms with Crippen LogP contribution < -0.4 is 4.90 Å². The molecule has 4 heterocycles. The first-order valence-corrected chi connectivity index (χ1v) is 12.2. The highest BCUT2D eigenvalue weighted by Gasteiger charge is 2.30. The Balaban J connectivity index is 1.54. The van der Waals surface area contributed by atoms with Gasteiger partial charge in [0.15, 0.2) is 0 Å². The van der Waals surface area contributed by atoms with Crippen LogP contribution in [-0.2, 0) is 10.0 Å². The van der Waals surface area contributed by atoms with Crippen LogP contribution in [0.5, 0.6) is 0 Å². The smallest absolute Gasteiger partial charge is 0.252 e. The van der Waals surface area contributed by atoms with Gasteiger partial charge in [-0.2, -0.15) is 4.31 Å². The van der Waals surface area contributed by atoms with E-state index in [9.17, 15) is 8.42 Å². The van der Waals surface area contributed by atoms with Crippen molar-refractivity contribution in [1.29, 1.82) is 0 Å². The van der Waals surface area contributed by atoms with E-state index in [1.807, 2.05) is 31.4 Å². The Hall–Kier alpha value is -1.82. The molecular weight excluding hydrogens is 476 g/mol. The molecule has 0 aliphatic carbocycles. The first-order valence-electron chi connectivity index (χ1n) is 9.13. The van der Waals surface area contributed by atoms with Crippen molar-refractivity contribution >= 4 is 43.1 Å². The highest BCUT2D eigenvalue weighted by Crippen LogP contribution is 2.29. The molecule has 1 aliphatic rings. The van der Waals surface area contributed by atoms with E-state index in [1.54, 1.807) is 22.8 Å². The average Bonchev–Trinajstić information content (AvgIpc) is 3.28. The normalized spacial score (nSPS) is 15.8. The second-order valence-electron chi connectivity index (χ2n) is 6.87. The van der Waals surface area contributed by atoms with E-state index in [1.165, 1.54) is 11.3 Å². The third-order valence-electron chi connectivity index (χ3n) is 5.01.